The van der Waals surface area contributed by atoms with Crippen LogP contribution in [-0.4, -0.2) is 56.2 Å². The number of rotatable bonds is 17. The minimum absolute atomic E-state index is 0.0760. The van der Waals surface area contributed by atoms with Crippen LogP contribution in [0.3, 0.4) is 0 Å². The maximum absolute atomic E-state index is 15.0. The van der Waals surface area contributed by atoms with Gasteiger partial charge in [0.2, 0.25) is 0 Å². The zero-order valence-electron chi connectivity index (χ0n) is 71.8. The normalized spacial score (nSPS) is 12.6. The molecule has 14 nitrogen and oxygen atoms in total. The van der Waals surface area contributed by atoms with Gasteiger partial charge in [0.15, 0.2) is 7.14 Å². The molecule has 0 aliphatic carbocycles. The fourth-order valence-corrected chi connectivity index (χ4v) is 24.1. The van der Waals surface area contributed by atoms with Crippen LogP contribution in [0.2, 0.25) is 0 Å². The lowest BCUT2D eigenvalue weighted by atomic mass is 9.70. The van der Waals surface area contributed by atoms with Crippen LogP contribution in [0, 0.1) is 0 Å². The minimum atomic E-state index is -3.56. The van der Waals surface area contributed by atoms with E-state index in [0.29, 0.717) is 16.8 Å². The SMILES string of the molecule is CC(C)(c1ccc(O)cc1)c1ccc(C(C)(c2ccccc2)c2ccccc2)cc1.O=P(c1ccccc1)(c1ccccc1)C(c1ccc(O)cc1)c1ccc(O)cc1.O=P1(c2cc(O)ccc2O)Oc2ccccc2-c2ccccc21.Oc1ccc(-c2cc(-c3ccc(O)cc3)cc(-c3ccc(O)cc3)c2)cc1.Oc1ccc(P(c2ccc(O)cc2)c2ccc(O)cc2)cc1. The molecular weight excluding hydrogens is 1690 g/mol. The lowest BCUT2D eigenvalue weighted by Gasteiger charge is -2.33. The van der Waals surface area contributed by atoms with Crippen LogP contribution in [0.15, 0.2) is 449 Å². The molecular formula is C114H95O14P3. The van der Waals surface area contributed by atoms with Crippen LogP contribution < -0.4 is 41.7 Å². The maximum Gasteiger partial charge on any atom is 0.311 e. The van der Waals surface area contributed by atoms with Crippen molar-refractivity contribution >= 4 is 59.6 Å². The Hall–Kier alpha value is -15.6. The van der Waals surface area contributed by atoms with E-state index in [4.69, 9.17) is 4.52 Å². The van der Waals surface area contributed by atoms with Gasteiger partial charge in [0.1, 0.15) is 69.0 Å². The van der Waals surface area contributed by atoms with Gasteiger partial charge in [-0.25, -0.2) is 0 Å². The van der Waals surface area contributed by atoms with Crippen LogP contribution in [0.4, 0.5) is 0 Å². The second kappa shape index (κ2) is 40.2. The summed E-state index contributed by atoms with van der Waals surface area (Å²) >= 11 is 0. The van der Waals surface area contributed by atoms with Crippen molar-refractivity contribution < 1.29 is 69.8 Å². The first-order valence-electron chi connectivity index (χ1n) is 42.3. The molecule has 18 aromatic rings. The summed E-state index contributed by atoms with van der Waals surface area (Å²) in [5.41, 5.74) is 14.8. The Morgan fingerprint density at radius 1 is 0.267 bits per heavy atom. The average Bonchev–Trinajstić information content (AvgIpc) is 0.738. The molecule has 1 unspecified atom stereocenters. The number of fused-ring (bicyclic) bond motifs is 3. The number of hydrogen-bond acceptors (Lipinski definition) is 14. The van der Waals surface area contributed by atoms with Gasteiger partial charge in [-0.15, -0.1) is 0 Å². The van der Waals surface area contributed by atoms with E-state index in [1.807, 2.05) is 194 Å². The molecule has 0 bridgehead atoms. The number of benzene rings is 18. The Bertz CT molecular complexity index is 6570. The molecule has 17 heteroatoms. The predicted octanol–water partition coefficient (Wildman–Crippen LogP) is 24.0. The van der Waals surface area contributed by atoms with Gasteiger partial charge in [0, 0.05) is 27.0 Å². The highest BCUT2D eigenvalue weighted by molar-refractivity contribution is 7.80. The van der Waals surface area contributed by atoms with Crippen LogP contribution in [0.5, 0.6) is 69.0 Å². The Morgan fingerprint density at radius 2 is 0.550 bits per heavy atom. The topological polar surface area (TPSA) is 266 Å². The molecule has 0 saturated heterocycles. The van der Waals surface area contributed by atoms with Gasteiger partial charge in [-0.05, 0) is 266 Å². The van der Waals surface area contributed by atoms with Crippen molar-refractivity contribution in [3.63, 3.8) is 0 Å². The molecule has 1 aliphatic heterocycles. The highest BCUT2D eigenvalue weighted by Crippen LogP contribution is 2.61. The third-order valence-electron chi connectivity index (χ3n) is 23.3. The quantitative estimate of drug-likeness (QED) is 0.0230. The second-order valence-corrected chi connectivity index (χ2v) is 39.5. The third-order valence-corrected chi connectivity index (χ3v) is 31.7. The Balaban J connectivity index is 0.000000126. The van der Waals surface area contributed by atoms with Crippen molar-refractivity contribution in [2.45, 2.75) is 37.3 Å². The van der Waals surface area contributed by atoms with Gasteiger partial charge in [-0.1, -0.05) is 305 Å². The molecule has 11 N–H and O–H groups in total. The standard InChI is InChI=1S/C29H28O.C25H21O3P.C24H18O3.C18H13O4P.C18H15O3P/c1-28(2,23-18-20-27(30)21-19-23)22-14-16-26(17-15-22)29(3,24-10-6-4-7-11-24)25-12-8-5-9-13-25;26-21-15-11-19(12-16-21)25(20-13-17-22(27)18-14-20)29(28,23-7-3-1-4-8-23)24-9-5-2-6-10-24;25-22-7-1-16(2-8-22)19-13-20(17-3-9-23(26)10-4-17)15-21(14-19)18-5-11-24(27)12-6-18;19-12-9-10-15(20)18(11-12)23(21)17-8-4-2-6-14(17)13-5-1-3-7-16(13)22-23;19-13-1-7-16(8-2-13)22(17-9-3-14(20)4-10-17)18-11-5-15(21)6-12-18/h4-21,30H,1-3H3;1-18,25-27H;1-15,25-27H;1-11,19-20H;1-12,19-21H. The highest BCUT2D eigenvalue weighted by Gasteiger charge is 2.42. The highest BCUT2D eigenvalue weighted by atomic mass is 31.2. The number of phenolic OH excluding ortho intramolecular Hbond substituents is 11. The summed E-state index contributed by atoms with van der Waals surface area (Å²) in [7, 11) is -7.55. The van der Waals surface area contributed by atoms with Gasteiger partial charge >= 0.3 is 7.37 Å². The lowest BCUT2D eigenvalue weighted by Crippen LogP contribution is -2.26. The van der Waals surface area contributed by atoms with Crippen molar-refractivity contribution in [2.75, 3.05) is 0 Å². The first-order chi connectivity index (χ1) is 63.3. The fourth-order valence-electron chi connectivity index (χ4n) is 16.2. The van der Waals surface area contributed by atoms with Gasteiger partial charge in [-0.2, -0.15) is 0 Å². The molecule has 1 heterocycles. The van der Waals surface area contributed by atoms with E-state index >= 15 is 0 Å². The first-order valence-corrected chi connectivity index (χ1v) is 47.1. The summed E-state index contributed by atoms with van der Waals surface area (Å²) in [6, 6.07) is 138. The van der Waals surface area contributed by atoms with Gasteiger partial charge in [0.05, 0.1) is 16.3 Å². The zero-order chi connectivity index (χ0) is 91.8. The Morgan fingerprint density at radius 3 is 0.924 bits per heavy atom. The molecule has 18 aromatic carbocycles. The minimum Gasteiger partial charge on any atom is -0.508 e. The summed E-state index contributed by atoms with van der Waals surface area (Å²) in [5.74, 6) is 2.25. The molecule has 0 spiro atoms. The zero-order valence-corrected chi connectivity index (χ0v) is 74.5. The molecule has 0 amide bonds. The van der Waals surface area contributed by atoms with Gasteiger partial charge in [-0.3, -0.25) is 4.57 Å². The van der Waals surface area contributed by atoms with Crippen LogP contribution in [0.25, 0.3) is 44.5 Å². The largest absolute Gasteiger partial charge is 0.508 e. The van der Waals surface area contributed by atoms with Crippen molar-refractivity contribution in [1.82, 2.24) is 0 Å². The van der Waals surface area contributed by atoms with E-state index in [1.165, 1.54) is 46.0 Å². The molecule has 19 rings (SSSR count). The van der Waals surface area contributed by atoms with E-state index in [-0.39, 0.29) is 73.6 Å². The second-order valence-electron chi connectivity index (χ2n) is 32.2. The van der Waals surface area contributed by atoms with Crippen molar-refractivity contribution in [3.05, 3.63) is 488 Å². The summed E-state index contributed by atoms with van der Waals surface area (Å²) in [6.07, 6.45) is 0. The monoisotopic (exact) mass is 1780 g/mol. The molecule has 0 radical (unpaired) electrons. The number of aromatic hydroxyl groups is 11. The van der Waals surface area contributed by atoms with E-state index in [0.717, 1.165) is 82.2 Å². The van der Waals surface area contributed by atoms with Crippen molar-refractivity contribution in [2.24, 2.45) is 0 Å². The van der Waals surface area contributed by atoms with E-state index in [2.05, 4.69) is 124 Å². The van der Waals surface area contributed by atoms with Gasteiger partial charge < -0.3 is 65.3 Å². The summed E-state index contributed by atoms with van der Waals surface area (Å²) < 4.78 is 34.5. The molecule has 131 heavy (non-hydrogen) atoms. The molecule has 650 valence electrons. The molecule has 0 saturated carbocycles. The summed E-state index contributed by atoms with van der Waals surface area (Å²) in [4.78, 5) is 0. The number of para-hydroxylation sites is 1. The summed E-state index contributed by atoms with van der Waals surface area (Å²) in [5, 5.41) is 112. The maximum atomic E-state index is 15.0. The molecule has 1 aliphatic rings. The summed E-state index contributed by atoms with van der Waals surface area (Å²) in [6.45, 7) is 6.75. The third kappa shape index (κ3) is 20.7. The Labute approximate surface area is 763 Å². The van der Waals surface area contributed by atoms with E-state index in [9.17, 15) is 65.3 Å². The van der Waals surface area contributed by atoms with Gasteiger partial charge in [0.25, 0.3) is 0 Å². The number of hydrogen-bond donors (Lipinski definition) is 11. The lowest BCUT2D eigenvalue weighted by molar-refractivity contribution is 0.459. The predicted molar refractivity (Wildman–Crippen MR) is 530 cm³/mol. The van der Waals surface area contributed by atoms with Crippen molar-refractivity contribution in [3.8, 4) is 114 Å². The number of phenols is 11. The Kier molecular flexibility index (Phi) is 27.7. The fraction of sp³-hybridized carbons (Fsp3) is 0.0526. The molecule has 1 atom stereocenters. The van der Waals surface area contributed by atoms with Crippen LogP contribution in [0.1, 0.15) is 65.4 Å². The smallest absolute Gasteiger partial charge is 0.311 e. The average molecular weight is 1780 g/mol. The van der Waals surface area contributed by atoms with E-state index < -0.39 is 28.1 Å². The first kappa shape index (κ1) is 90.2. The van der Waals surface area contributed by atoms with E-state index in [1.54, 1.807) is 133 Å². The molecule has 0 fully saturated rings. The van der Waals surface area contributed by atoms with Crippen LogP contribution >= 0.6 is 22.4 Å². The molecule has 0 aromatic heterocycles. The van der Waals surface area contributed by atoms with Crippen LogP contribution in [-0.2, 0) is 20.0 Å². The van der Waals surface area contributed by atoms with Crippen molar-refractivity contribution in [1.29, 1.82) is 0 Å².